The smallest absolute Gasteiger partial charge is 0.213 e. The Hall–Kier alpha value is -1.10. The van der Waals surface area contributed by atoms with Crippen LogP contribution < -0.4 is 10.6 Å². The number of rotatable bonds is 12. The van der Waals surface area contributed by atoms with E-state index in [1.165, 1.54) is 44.9 Å². The topological polar surface area (TPSA) is 53.5 Å². The largest absolute Gasteiger partial charge is 0.385 e. The van der Waals surface area contributed by atoms with E-state index >= 15 is 0 Å². The lowest BCUT2D eigenvalue weighted by molar-refractivity contribution is -0.0970. The van der Waals surface area contributed by atoms with Gasteiger partial charge in [-0.25, -0.2) is 0 Å². The predicted molar refractivity (Wildman–Crippen MR) is 113 cm³/mol. The van der Waals surface area contributed by atoms with Crippen LogP contribution in [0.15, 0.2) is 35.6 Å². The summed E-state index contributed by atoms with van der Waals surface area (Å²) in [7, 11) is 1.52. The molecule has 27 heavy (non-hydrogen) atoms. The highest BCUT2D eigenvalue weighted by molar-refractivity contribution is 5.22. The Bertz CT molecular complexity index is 513. The summed E-state index contributed by atoms with van der Waals surface area (Å²) in [6.45, 7) is 5.43. The van der Waals surface area contributed by atoms with E-state index in [9.17, 15) is 5.11 Å². The van der Waals surface area contributed by atoms with Gasteiger partial charge in [-0.05, 0) is 50.4 Å². The second kappa shape index (κ2) is 12.4. The lowest BCUT2D eigenvalue weighted by Crippen LogP contribution is -2.41. The zero-order chi connectivity index (χ0) is 19.5. The number of hydrogen-bond acceptors (Lipinski definition) is 4. The number of nitrogens with one attached hydrogen (secondary N) is 2. The van der Waals surface area contributed by atoms with Gasteiger partial charge in [-0.3, -0.25) is 5.32 Å². The fourth-order valence-electron chi connectivity index (χ4n) is 4.34. The lowest BCUT2D eigenvalue weighted by Gasteiger charge is -2.36. The number of allylic oxidation sites excluding steroid dienone is 5. The van der Waals surface area contributed by atoms with Crippen molar-refractivity contribution >= 4 is 0 Å². The van der Waals surface area contributed by atoms with E-state index in [0.29, 0.717) is 17.9 Å². The molecule has 4 nitrogen and oxygen atoms in total. The number of aliphatic hydroxyl groups excluding tert-OH is 1. The third kappa shape index (κ3) is 7.81. The minimum atomic E-state index is -0.855. The normalized spacial score (nSPS) is 23.2. The third-order valence-electron chi connectivity index (χ3n) is 6.03. The van der Waals surface area contributed by atoms with Crippen LogP contribution in [0.25, 0.3) is 0 Å². The Morgan fingerprint density at radius 3 is 2.85 bits per heavy atom. The monoisotopic (exact) mass is 376 g/mol. The van der Waals surface area contributed by atoms with Gasteiger partial charge in [0.2, 0.25) is 6.41 Å². The molecule has 3 N–H and O–H groups in total. The molecule has 4 atom stereocenters. The molecule has 154 valence electrons. The van der Waals surface area contributed by atoms with Gasteiger partial charge in [-0.15, -0.1) is 0 Å². The quantitative estimate of drug-likeness (QED) is 0.343. The van der Waals surface area contributed by atoms with Crippen molar-refractivity contribution in [2.24, 2.45) is 11.8 Å². The van der Waals surface area contributed by atoms with Crippen LogP contribution in [0.5, 0.6) is 0 Å². The maximum Gasteiger partial charge on any atom is 0.213 e. The van der Waals surface area contributed by atoms with E-state index < -0.39 is 6.41 Å². The molecule has 0 saturated heterocycles. The summed E-state index contributed by atoms with van der Waals surface area (Å²) in [5, 5.41) is 16.5. The fourth-order valence-corrected chi connectivity index (χ4v) is 4.34. The molecule has 0 radical (unpaired) electrons. The molecule has 0 aromatic heterocycles. The molecule has 0 amide bonds. The second-order valence-corrected chi connectivity index (χ2v) is 8.12. The van der Waals surface area contributed by atoms with Crippen molar-refractivity contribution in [1.29, 1.82) is 0 Å². The molecular formula is C23H40N2O2. The van der Waals surface area contributed by atoms with Crippen LogP contribution in [0.2, 0.25) is 0 Å². The van der Waals surface area contributed by atoms with Gasteiger partial charge in [0.05, 0.1) is 0 Å². The molecule has 1 heterocycles. The first-order valence-corrected chi connectivity index (χ1v) is 10.9. The van der Waals surface area contributed by atoms with Crippen molar-refractivity contribution in [2.45, 2.75) is 84.1 Å². The van der Waals surface area contributed by atoms with Crippen molar-refractivity contribution in [3.8, 4) is 0 Å². The molecular weight excluding hydrogens is 336 g/mol. The maximum absolute atomic E-state index is 9.53. The van der Waals surface area contributed by atoms with Crippen LogP contribution >= 0.6 is 0 Å². The highest BCUT2D eigenvalue weighted by Crippen LogP contribution is 2.31. The van der Waals surface area contributed by atoms with Gasteiger partial charge in [0.15, 0.2) is 0 Å². The van der Waals surface area contributed by atoms with Crippen molar-refractivity contribution < 1.29 is 9.84 Å². The van der Waals surface area contributed by atoms with Crippen molar-refractivity contribution in [3.05, 3.63) is 35.6 Å². The second-order valence-electron chi connectivity index (χ2n) is 8.12. The van der Waals surface area contributed by atoms with Crippen LogP contribution in [0.3, 0.4) is 0 Å². The molecule has 0 saturated carbocycles. The maximum atomic E-state index is 9.53. The van der Waals surface area contributed by atoms with Crippen molar-refractivity contribution in [2.75, 3.05) is 13.7 Å². The zero-order valence-electron chi connectivity index (χ0n) is 17.5. The molecule has 0 aromatic rings. The highest BCUT2D eigenvalue weighted by Gasteiger charge is 2.28. The molecule has 0 bridgehead atoms. The van der Waals surface area contributed by atoms with Gasteiger partial charge < -0.3 is 15.2 Å². The van der Waals surface area contributed by atoms with Crippen molar-refractivity contribution in [3.63, 3.8) is 0 Å². The molecule has 1 unspecified atom stereocenters. The van der Waals surface area contributed by atoms with Gasteiger partial charge in [0.1, 0.15) is 0 Å². The summed E-state index contributed by atoms with van der Waals surface area (Å²) in [5.41, 5.74) is 2.97. The molecule has 2 aliphatic rings. The fraction of sp³-hybridized carbons (Fsp3) is 0.739. The number of methoxy groups -OCH3 is 1. The Labute approximate surface area is 166 Å². The van der Waals surface area contributed by atoms with Gasteiger partial charge in [-0.1, -0.05) is 56.6 Å². The third-order valence-corrected chi connectivity index (χ3v) is 6.03. The minimum Gasteiger partial charge on any atom is -0.385 e. The number of ether oxygens (including phenoxy) is 1. The average Bonchev–Trinajstić information content (AvgIpc) is 2.69. The van der Waals surface area contributed by atoms with Crippen LogP contribution in [0.1, 0.15) is 71.6 Å². The van der Waals surface area contributed by atoms with Crippen LogP contribution in [0.4, 0.5) is 0 Å². The zero-order valence-corrected chi connectivity index (χ0v) is 17.5. The van der Waals surface area contributed by atoms with E-state index in [1.54, 1.807) is 5.57 Å². The lowest BCUT2D eigenvalue weighted by atomic mass is 9.78. The first-order valence-electron chi connectivity index (χ1n) is 10.9. The van der Waals surface area contributed by atoms with Gasteiger partial charge in [0.25, 0.3) is 0 Å². The Kier molecular flexibility index (Phi) is 10.2. The van der Waals surface area contributed by atoms with E-state index in [4.69, 9.17) is 4.74 Å². The van der Waals surface area contributed by atoms with E-state index in [-0.39, 0.29) is 0 Å². The predicted octanol–water partition coefficient (Wildman–Crippen LogP) is 4.63. The van der Waals surface area contributed by atoms with E-state index in [0.717, 1.165) is 32.2 Å². The Morgan fingerprint density at radius 2 is 2.15 bits per heavy atom. The molecule has 0 aromatic carbocycles. The highest BCUT2D eigenvalue weighted by atomic mass is 16.6. The van der Waals surface area contributed by atoms with E-state index in [1.807, 2.05) is 0 Å². The minimum absolute atomic E-state index is 0.568. The summed E-state index contributed by atoms with van der Waals surface area (Å²) in [5.74, 6) is 1.29. The number of hydrogen-bond donors (Lipinski definition) is 3. The van der Waals surface area contributed by atoms with Crippen LogP contribution in [-0.2, 0) is 4.74 Å². The van der Waals surface area contributed by atoms with Crippen molar-refractivity contribution in [1.82, 2.24) is 10.6 Å². The average molecular weight is 377 g/mol. The number of aliphatic hydroxyl groups is 1. The Balaban J connectivity index is 1.90. The molecule has 0 spiro atoms. The van der Waals surface area contributed by atoms with Crippen LogP contribution in [-0.4, -0.2) is 31.2 Å². The first-order chi connectivity index (χ1) is 13.1. The van der Waals surface area contributed by atoms with Gasteiger partial charge in [-0.2, -0.15) is 0 Å². The van der Waals surface area contributed by atoms with Gasteiger partial charge in [0, 0.05) is 31.8 Å². The Morgan fingerprint density at radius 1 is 1.30 bits per heavy atom. The summed E-state index contributed by atoms with van der Waals surface area (Å²) < 4.78 is 4.87. The van der Waals surface area contributed by atoms with Gasteiger partial charge >= 0.3 is 0 Å². The molecule has 1 aliphatic carbocycles. The first kappa shape index (κ1) is 22.2. The summed E-state index contributed by atoms with van der Waals surface area (Å²) >= 11 is 0. The molecule has 2 rings (SSSR count). The molecule has 0 fully saturated rings. The number of unbranched alkanes of at least 4 members (excludes halogenated alkanes) is 1. The summed E-state index contributed by atoms with van der Waals surface area (Å²) in [6, 6.07) is 0.568. The van der Waals surface area contributed by atoms with Crippen LogP contribution in [0, 0.1) is 11.8 Å². The molecule has 1 aliphatic heterocycles. The van der Waals surface area contributed by atoms with E-state index in [2.05, 4.69) is 48.8 Å². The summed E-state index contributed by atoms with van der Waals surface area (Å²) in [6.07, 6.45) is 19.1. The molecule has 4 heteroatoms. The standard InChI is InChI=1S/C23H40N2O2/c1-4-5-13-21(18(2)15-16-24-23(26)27-3)22-14-9-12-20(25-22)17-19-10-7-6-8-11-19/h6-7,11-12,18,21-26H,4-5,8-10,13-17H2,1-3H3/t18-,21-,22?,23+/m1/s1. The SMILES string of the molecule is CCCC[C@@H](C1CCC=C(CC2=CCC=CC2)N1)[C@H](C)CCN[C@@H](O)OC. The summed E-state index contributed by atoms with van der Waals surface area (Å²) in [4.78, 5) is 0.